The molecule has 4 heteroatoms. The van der Waals surface area contributed by atoms with Gasteiger partial charge in [0, 0.05) is 0 Å². The van der Waals surface area contributed by atoms with Crippen LogP contribution in [0.4, 0.5) is 0 Å². The van der Waals surface area contributed by atoms with Gasteiger partial charge in [0.2, 0.25) is 0 Å². The van der Waals surface area contributed by atoms with E-state index in [2.05, 4.69) is 90.9 Å². The Morgan fingerprint density at radius 2 is 1.20 bits per heavy atom. The summed E-state index contributed by atoms with van der Waals surface area (Å²) < 4.78 is 2.92. The molecule has 191 valence electrons. The SMILES string of the molecule is CC1=CC2=C(CCCC2(C)C)[CH]1[Zr](=[SiH2])([CH2]c1ccccc1)[CH]1C(C)=CC2=C1CCCC2(C)C.Cl.Cl. The molecule has 2 unspecified atom stereocenters. The van der Waals surface area contributed by atoms with E-state index in [1.54, 1.807) is 27.9 Å². The van der Waals surface area contributed by atoms with Crippen molar-refractivity contribution in [1.82, 2.24) is 0 Å². The first-order valence-corrected chi connectivity index (χ1v) is 23.8. The Hall–Kier alpha value is -0.140. The molecule has 0 saturated heterocycles. The molecule has 0 aromatic heterocycles. The van der Waals surface area contributed by atoms with E-state index in [-0.39, 0.29) is 24.8 Å². The Kier molecular flexibility index (Phi) is 8.87. The molecular formula is C31H45Cl2SiZr. The van der Waals surface area contributed by atoms with Crippen molar-refractivity contribution >= 4 is 31.7 Å². The molecule has 2 atom stereocenters. The molecule has 0 spiro atoms. The fourth-order valence-electron chi connectivity index (χ4n) is 8.14. The molecule has 5 rings (SSSR count). The standard InChI is InChI=1S/2C12H17.C7H7.2ClH.H2Si.Zr/c2*1-9-7-10-5-4-6-12(2,3)11(10)8-9;1-7-5-3-2-4-6-7;;;;/h2*7-8H,4-6H2,1-3H3;2-6H,1H2;2*1H;1H2;. The first kappa shape index (κ1) is 29.4. The number of hydrogen-bond acceptors (Lipinski definition) is 0. The normalized spacial score (nSPS) is 28.2. The molecule has 0 nitrogen and oxygen atoms in total. The molecule has 0 amide bonds. The number of hydrogen-bond donors (Lipinski definition) is 0. The minimum atomic E-state index is -2.84. The van der Waals surface area contributed by atoms with Crippen LogP contribution < -0.4 is 0 Å². The Labute approximate surface area is 232 Å². The van der Waals surface area contributed by atoms with Crippen LogP contribution >= 0.6 is 24.8 Å². The number of benzene rings is 1. The van der Waals surface area contributed by atoms with Gasteiger partial charge in [-0.05, 0) is 0 Å². The minimum Gasteiger partial charge on any atom is -0.147 e. The van der Waals surface area contributed by atoms with E-state index in [1.807, 2.05) is 11.1 Å². The second-order valence-corrected chi connectivity index (χ2v) is 30.4. The molecule has 35 heavy (non-hydrogen) atoms. The summed E-state index contributed by atoms with van der Waals surface area (Å²) in [6, 6.07) is 11.6. The van der Waals surface area contributed by atoms with E-state index in [1.165, 1.54) is 42.7 Å². The molecule has 0 heterocycles. The summed E-state index contributed by atoms with van der Waals surface area (Å²) >= 11 is -2.84. The predicted molar refractivity (Wildman–Crippen MR) is 158 cm³/mol. The Balaban J connectivity index is 0.00000171. The first-order valence-electron chi connectivity index (χ1n) is 13.3. The molecule has 0 radical (unpaired) electrons. The second-order valence-electron chi connectivity index (χ2n) is 12.9. The largest absolute Gasteiger partial charge is 0.147 e. The van der Waals surface area contributed by atoms with Gasteiger partial charge in [-0.25, -0.2) is 0 Å². The van der Waals surface area contributed by atoms with Crippen molar-refractivity contribution in [2.24, 2.45) is 10.8 Å². The summed E-state index contributed by atoms with van der Waals surface area (Å²) in [5.74, 6) is 0. The molecule has 1 aromatic rings. The van der Waals surface area contributed by atoms with Gasteiger partial charge >= 0.3 is 210 Å². The van der Waals surface area contributed by atoms with Crippen LogP contribution in [0.15, 0.2) is 75.9 Å². The van der Waals surface area contributed by atoms with Crippen molar-refractivity contribution in [2.75, 3.05) is 0 Å². The summed E-state index contributed by atoms with van der Waals surface area (Å²) in [6.07, 6.45) is 13.5. The van der Waals surface area contributed by atoms with Crippen molar-refractivity contribution in [3.63, 3.8) is 0 Å². The van der Waals surface area contributed by atoms with Crippen LogP contribution in [0.5, 0.6) is 0 Å². The Bertz CT molecular complexity index is 1080. The summed E-state index contributed by atoms with van der Waals surface area (Å²) in [6.45, 7) is 17.6. The smallest absolute Gasteiger partial charge is 0.147 e. The number of halogens is 2. The second kappa shape index (κ2) is 10.6. The van der Waals surface area contributed by atoms with Gasteiger partial charge in [-0.3, -0.25) is 0 Å². The van der Waals surface area contributed by atoms with Crippen LogP contribution in [0.2, 0.25) is 7.25 Å². The van der Waals surface area contributed by atoms with E-state index in [4.69, 9.17) is 0 Å². The van der Waals surface area contributed by atoms with E-state index >= 15 is 0 Å². The average Bonchev–Trinajstić information content (AvgIpc) is 3.27. The van der Waals surface area contributed by atoms with Crippen molar-refractivity contribution in [1.29, 1.82) is 0 Å². The zero-order valence-corrected chi connectivity index (χ0v) is 28.2. The van der Waals surface area contributed by atoms with Gasteiger partial charge in [-0.1, -0.05) is 0 Å². The predicted octanol–water partition coefficient (Wildman–Crippen LogP) is 9.24. The monoisotopic (exact) mass is 605 g/mol. The maximum Gasteiger partial charge on any atom is -0.147 e. The van der Waals surface area contributed by atoms with Crippen LogP contribution in [0.3, 0.4) is 0 Å². The zero-order chi connectivity index (χ0) is 23.6. The third-order valence-corrected chi connectivity index (χ3v) is 28.1. The summed E-state index contributed by atoms with van der Waals surface area (Å²) in [4.78, 5) is 0. The molecule has 0 fully saturated rings. The summed E-state index contributed by atoms with van der Waals surface area (Å²) in [5.41, 5.74) is 12.9. The third kappa shape index (κ3) is 5.01. The topological polar surface area (TPSA) is 0 Å². The number of rotatable bonds is 4. The Morgan fingerprint density at radius 3 is 1.63 bits per heavy atom. The van der Waals surface area contributed by atoms with E-state index < -0.39 is 18.9 Å². The van der Waals surface area contributed by atoms with Gasteiger partial charge < -0.3 is 0 Å². The Morgan fingerprint density at radius 1 is 0.771 bits per heavy atom. The third-order valence-electron chi connectivity index (χ3n) is 9.52. The van der Waals surface area contributed by atoms with E-state index in [0.717, 1.165) is 7.25 Å². The number of allylic oxidation sites excluding steroid dienone is 8. The van der Waals surface area contributed by atoms with Gasteiger partial charge in [-0.2, -0.15) is 0 Å². The molecule has 4 aliphatic rings. The fourth-order valence-corrected chi connectivity index (χ4v) is 30.6. The van der Waals surface area contributed by atoms with Gasteiger partial charge in [0.05, 0.1) is 0 Å². The molecule has 0 bridgehead atoms. The maximum absolute atomic E-state index is 2.84. The van der Waals surface area contributed by atoms with Gasteiger partial charge in [0.25, 0.3) is 0 Å². The maximum atomic E-state index is 2.66. The van der Waals surface area contributed by atoms with E-state index in [0.29, 0.717) is 10.8 Å². The molecule has 0 aliphatic heterocycles. The van der Waals surface area contributed by atoms with Crippen LogP contribution in [-0.4, -0.2) is 6.88 Å². The van der Waals surface area contributed by atoms with Crippen LogP contribution in [0.25, 0.3) is 0 Å². The van der Waals surface area contributed by atoms with Crippen molar-refractivity contribution in [2.45, 2.75) is 91.4 Å². The summed E-state index contributed by atoms with van der Waals surface area (Å²) in [7, 11) is 0. The van der Waals surface area contributed by atoms with Gasteiger partial charge in [0.1, 0.15) is 0 Å². The van der Waals surface area contributed by atoms with Crippen molar-refractivity contribution in [3.8, 4) is 0 Å². The fraction of sp³-hybridized carbons (Fsp3) is 0.548. The molecule has 0 N–H and O–H groups in total. The summed E-state index contributed by atoms with van der Waals surface area (Å²) in [5, 5.41) is 0. The quantitative estimate of drug-likeness (QED) is 0.299. The molecule has 4 aliphatic carbocycles. The average molecular weight is 608 g/mol. The van der Waals surface area contributed by atoms with Crippen LogP contribution in [0, 0.1) is 10.8 Å². The van der Waals surface area contributed by atoms with Gasteiger partial charge in [0.15, 0.2) is 0 Å². The van der Waals surface area contributed by atoms with Crippen LogP contribution in [0.1, 0.15) is 85.6 Å². The van der Waals surface area contributed by atoms with E-state index in [9.17, 15) is 0 Å². The molecular weight excluding hydrogens is 563 g/mol. The molecule has 0 saturated carbocycles. The van der Waals surface area contributed by atoms with Crippen LogP contribution in [-0.2, 0) is 23.0 Å². The minimum absolute atomic E-state index is 0. The van der Waals surface area contributed by atoms with Gasteiger partial charge in [-0.15, -0.1) is 24.8 Å². The van der Waals surface area contributed by atoms with Crippen molar-refractivity contribution in [3.05, 3.63) is 81.5 Å². The first-order chi connectivity index (χ1) is 15.5. The molecule has 1 aromatic carbocycles. The zero-order valence-electron chi connectivity index (χ0n) is 22.7. The van der Waals surface area contributed by atoms with Crippen molar-refractivity contribution < 1.29 is 18.9 Å².